The predicted octanol–water partition coefficient (Wildman–Crippen LogP) is 2.69. The fourth-order valence-corrected chi connectivity index (χ4v) is 4.20. The van der Waals surface area contributed by atoms with Crippen LogP contribution in [0.5, 0.6) is 0 Å². The minimum absolute atomic E-state index is 0.0323. The van der Waals surface area contributed by atoms with Gasteiger partial charge in [-0.25, -0.2) is 4.79 Å². The normalized spacial score (nSPS) is 16.0. The van der Waals surface area contributed by atoms with Crippen molar-refractivity contribution in [1.29, 1.82) is 0 Å². The van der Waals surface area contributed by atoms with Gasteiger partial charge in [-0.05, 0) is 63.3 Å². The van der Waals surface area contributed by atoms with Crippen LogP contribution in [0.25, 0.3) is 0 Å². The standard InChI is InChI=1S/C24H32N4O4/c1-4-32-24(31)22-16(2)20(17(3)27-22)10-11-21(29)28-13-7-8-18(15-28)23(30)26-14-19-9-5-6-12-25-19/h5-6,9,12,18,27H,4,7-8,10-11,13-15H2,1-3H3,(H,26,30). The lowest BCUT2D eigenvalue weighted by atomic mass is 9.96. The number of esters is 1. The van der Waals surface area contributed by atoms with Crippen molar-refractivity contribution < 1.29 is 19.1 Å². The van der Waals surface area contributed by atoms with E-state index in [1.807, 2.05) is 32.0 Å². The first-order valence-electron chi connectivity index (χ1n) is 11.2. The number of ether oxygens (including phenoxy) is 1. The first kappa shape index (κ1) is 23.5. The average Bonchev–Trinajstić information content (AvgIpc) is 3.10. The SMILES string of the molecule is CCOC(=O)c1[nH]c(C)c(CCC(=O)N2CCCC(C(=O)NCc3ccccn3)C2)c1C. The van der Waals surface area contributed by atoms with E-state index in [4.69, 9.17) is 4.74 Å². The molecule has 1 aliphatic rings. The number of hydrogen-bond acceptors (Lipinski definition) is 5. The Labute approximate surface area is 188 Å². The van der Waals surface area contributed by atoms with Gasteiger partial charge in [-0.3, -0.25) is 14.6 Å². The lowest BCUT2D eigenvalue weighted by molar-refractivity contribution is -0.135. The predicted molar refractivity (Wildman–Crippen MR) is 120 cm³/mol. The van der Waals surface area contributed by atoms with Crippen molar-refractivity contribution in [3.8, 4) is 0 Å². The number of carbonyl (C=O) groups is 3. The van der Waals surface area contributed by atoms with Crippen molar-refractivity contribution in [2.75, 3.05) is 19.7 Å². The van der Waals surface area contributed by atoms with Gasteiger partial charge in [-0.15, -0.1) is 0 Å². The largest absolute Gasteiger partial charge is 0.461 e. The summed E-state index contributed by atoms with van der Waals surface area (Å²) >= 11 is 0. The van der Waals surface area contributed by atoms with Crippen LogP contribution in [0.1, 0.15) is 59.2 Å². The fourth-order valence-electron chi connectivity index (χ4n) is 4.20. The molecule has 8 heteroatoms. The van der Waals surface area contributed by atoms with Crippen LogP contribution in [0.3, 0.4) is 0 Å². The molecule has 1 fully saturated rings. The van der Waals surface area contributed by atoms with E-state index < -0.39 is 0 Å². The molecule has 2 N–H and O–H groups in total. The van der Waals surface area contributed by atoms with Crippen LogP contribution in [0.15, 0.2) is 24.4 Å². The van der Waals surface area contributed by atoms with Gasteiger partial charge in [0.2, 0.25) is 11.8 Å². The molecule has 0 radical (unpaired) electrons. The number of piperidine rings is 1. The molecule has 0 aromatic carbocycles. The molecule has 3 rings (SSSR count). The smallest absolute Gasteiger partial charge is 0.355 e. The third-order valence-electron chi connectivity index (χ3n) is 5.98. The number of pyridine rings is 1. The van der Waals surface area contributed by atoms with E-state index in [0.717, 1.165) is 35.4 Å². The summed E-state index contributed by atoms with van der Waals surface area (Å²) in [6.45, 7) is 7.35. The van der Waals surface area contributed by atoms with Gasteiger partial charge < -0.3 is 19.9 Å². The average molecular weight is 441 g/mol. The number of hydrogen-bond donors (Lipinski definition) is 2. The number of H-pyrrole nitrogens is 1. The number of carbonyl (C=O) groups excluding carboxylic acids is 3. The Morgan fingerprint density at radius 3 is 2.81 bits per heavy atom. The van der Waals surface area contributed by atoms with Crippen molar-refractivity contribution in [3.63, 3.8) is 0 Å². The summed E-state index contributed by atoms with van der Waals surface area (Å²) in [6, 6.07) is 5.60. The van der Waals surface area contributed by atoms with Gasteiger partial charge in [0.25, 0.3) is 0 Å². The van der Waals surface area contributed by atoms with Crippen LogP contribution in [-0.2, 0) is 27.3 Å². The molecular weight excluding hydrogens is 408 g/mol. The van der Waals surface area contributed by atoms with Gasteiger partial charge in [-0.1, -0.05) is 6.07 Å². The molecule has 1 saturated heterocycles. The number of likely N-dealkylation sites (tertiary alicyclic amines) is 1. The maximum atomic E-state index is 12.9. The Hall–Kier alpha value is -3.16. The molecule has 0 spiro atoms. The van der Waals surface area contributed by atoms with E-state index in [-0.39, 0.29) is 23.7 Å². The fraction of sp³-hybridized carbons (Fsp3) is 0.500. The lowest BCUT2D eigenvalue weighted by Crippen LogP contribution is -2.45. The van der Waals surface area contributed by atoms with Crippen molar-refractivity contribution in [2.24, 2.45) is 5.92 Å². The molecule has 1 atom stereocenters. The summed E-state index contributed by atoms with van der Waals surface area (Å²) in [4.78, 5) is 46.7. The maximum absolute atomic E-state index is 12.9. The second kappa shape index (κ2) is 10.9. The van der Waals surface area contributed by atoms with E-state index in [9.17, 15) is 14.4 Å². The molecule has 2 aromatic rings. The Kier molecular flexibility index (Phi) is 8.03. The molecule has 3 heterocycles. The van der Waals surface area contributed by atoms with Gasteiger partial charge in [-0.2, -0.15) is 0 Å². The highest BCUT2D eigenvalue weighted by molar-refractivity contribution is 5.90. The number of nitrogens with zero attached hydrogens (tertiary/aromatic N) is 2. The summed E-state index contributed by atoms with van der Waals surface area (Å²) in [5.74, 6) is -0.585. The minimum atomic E-state index is -0.374. The molecule has 1 aliphatic heterocycles. The number of amides is 2. The van der Waals surface area contributed by atoms with Gasteiger partial charge in [0.15, 0.2) is 0 Å². The van der Waals surface area contributed by atoms with E-state index in [1.165, 1.54) is 0 Å². The second-order valence-corrected chi connectivity index (χ2v) is 8.17. The van der Waals surface area contributed by atoms with Crippen LogP contribution in [0.2, 0.25) is 0 Å². The van der Waals surface area contributed by atoms with Gasteiger partial charge in [0, 0.05) is 31.4 Å². The number of aromatic nitrogens is 2. The summed E-state index contributed by atoms with van der Waals surface area (Å²) in [7, 11) is 0. The quantitative estimate of drug-likeness (QED) is 0.614. The summed E-state index contributed by atoms with van der Waals surface area (Å²) in [6.07, 6.45) is 4.16. The van der Waals surface area contributed by atoms with E-state index in [0.29, 0.717) is 44.8 Å². The van der Waals surface area contributed by atoms with Crippen molar-refractivity contribution in [1.82, 2.24) is 20.2 Å². The van der Waals surface area contributed by atoms with Gasteiger partial charge >= 0.3 is 5.97 Å². The monoisotopic (exact) mass is 440 g/mol. The molecule has 32 heavy (non-hydrogen) atoms. The van der Waals surface area contributed by atoms with E-state index >= 15 is 0 Å². The second-order valence-electron chi connectivity index (χ2n) is 8.17. The van der Waals surface area contributed by atoms with Crippen LogP contribution in [-0.4, -0.2) is 52.3 Å². The Bertz CT molecular complexity index is 954. The molecule has 1 unspecified atom stereocenters. The third kappa shape index (κ3) is 5.75. The molecule has 0 aliphatic carbocycles. The highest BCUT2D eigenvalue weighted by atomic mass is 16.5. The molecule has 2 aromatic heterocycles. The van der Waals surface area contributed by atoms with Crippen LogP contribution < -0.4 is 5.32 Å². The van der Waals surface area contributed by atoms with E-state index in [2.05, 4.69) is 15.3 Å². The van der Waals surface area contributed by atoms with Crippen LogP contribution >= 0.6 is 0 Å². The first-order valence-corrected chi connectivity index (χ1v) is 11.2. The van der Waals surface area contributed by atoms with Gasteiger partial charge in [0.05, 0.1) is 24.8 Å². The number of rotatable bonds is 8. The van der Waals surface area contributed by atoms with Crippen LogP contribution in [0.4, 0.5) is 0 Å². The maximum Gasteiger partial charge on any atom is 0.355 e. The molecular formula is C24H32N4O4. The van der Waals surface area contributed by atoms with Gasteiger partial charge in [0.1, 0.15) is 5.69 Å². The molecule has 172 valence electrons. The molecule has 0 bridgehead atoms. The molecule has 0 saturated carbocycles. The molecule has 2 amide bonds. The number of aryl methyl sites for hydroxylation is 1. The summed E-state index contributed by atoms with van der Waals surface area (Å²) in [5, 5.41) is 2.94. The zero-order valence-electron chi connectivity index (χ0n) is 19.1. The Morgan fingerprint density at radius 2 is 2.09 bits per heavy atom. The number of nitrogens with one attached hydrogen (secondary N) is 2. The molecule has 8 nitrogen and oxygen atoms in total. The minimum Gasteiger partial charge on any atom is -0.461 e. The lowest BCUT2D eigenvalue weighted by Gasteiger charge is -2.32. The van der Waals surface area contributed by atoms with Crippen molar-refractivity contribution >= 4 is 17.8 Å². The Morgan fingerprint density at radius 1 is 1.28 bits per heavy atom. The highest BCUT2D eigenvalue weighted by Gasteiger charge is 2.28. The van der Waals surface area contributed by atoms with Crippen molar-refractivity contribution in [3.05, 3.63) is 52.6 Å². The zero-order valence-corrected chi connectivity index (χ0v) is 19.1. The summed E-state index contributed by atoms with van der Waals surface area (Å²) in [5.41, 5.74) is 3.95. The van der Waals surface area contributed by atoms with Crippen LogP contribution in [0, 0.1) is 19.8 Å². The van der Waals surface area contributed by atoms with E-state index in [1.54, 1.807) is 18.0 Å². The number of aromatic amines is 1. The van der Waals surface area contributed by atoms with Crippen molar-refractivity contribution in [2.45, 2.75) is 53.0 Å². The zero-order chi connectivity index (χ0) is 23.1. The first-order chi connectivity index (χ1) is 15.4. The third-order valence-corrected chi connectivity index (χ3v) is 5.98. The Balaban J connectivity index is 1.53. The summed E-state index contributed by atoms with van der Waals surface area (Å²) < 4.78 is 5.09. The topological polar surface area (TPSA) is 104 Å². The highest BCUT2D eigenvalue weighted by Crippen LogP contribution is 2.22.